The first kappa shape index (κ1) is 62.2. The molecule has 0 spiro atoms. The molecule has 65 heavy (non-hydrogen) atoms. The fourth-order valence-electron chi connectivity index (χ4n) is 7.14. The van der Waals surface area contributed by atoms with Gasteiger partial charge in [-0.2, -0.15) is 0 Å². The Balaban J connectivity index is 5.35. The quantitative estimate of drug-likeness (QED) is 0.0198. The number of carbonyl (C=O) groups is 4. The van der Waals surface area contributed by atoms with Crippen LogP contribution < -0.4 is 10.6 Å². The lowest BCUT2D eigenvalue weighted by Gasteiger charge is -2.32. The van der Waals surface area contributed by atoms with Gasteiger partial charge in [0.2, 0.25) is 0 Å². The van der Waals surface area contributed by atoms with Crippen molar-refractivity contribution in [2.24, 2.45) is 0 Å². The van der Waals surface area contributed by atoms with Crippen molar-refractivity contribution < 1.29 is 38.1 Å². The number of unbranched alkanes of at least 4 members (excludes halogenated alkanes) is 22. The van der Waals surface area contributed by atoms with Crippen molar-refractivity contribution in [2.75, 3.05) is 80.7 Å². The van der Waals surface area contributed by atoms with E-state index in [0.29, 0.717) is 39.0 Å². The largest absolute Gasteiger partial charge is 0.457 e. The topological polar surface area (TPSA) is 136 Å². The molecule has 0 amide bonds. The molecule has 0 saturated heterocycles. The normalized spacial score (nSPS) is 11.9. The average molecular weight is 921 g/mol. The van der Waals surface area contributed by atoms with Crippen LogP contribution in [0.25, 0.3) is 0 Å². The lowest BCUT2D eigenvalue weighted by molar-refractivity contribution is -0.259. The van der Waals surface area contributed by atoms with Gasteiger partial charge < -0.3 is 39.4 Å². The summed E-state index contributed by atoms with van der Waals surface area (Å²) in [5, 5.41) is 6.42. The zero-order valence-corrected chi connectivity index (χ0v) is 42.8. The van der Waals surface area contributed by atoms with Crippen molar-refractivity contribution in [1.82, 2.24) is 20.4 Å². The average Bonchev–Trinajstić information content (AvgIpc) is 3.27. The molecule has 380 valence electrons. The summed E-state index contributed by atoms with van der Waals surface area (Å²) in [7, 11) is 7.90. The molecule has 0 aromatic rings. The maximum Gasteiger partial charge on any atom is 0.325 e. The Hall–Kier alpha value is -2.80. The molecule has 0 aliphatic heterocycles. The van der Waals surface area contributed by atoms with Crippen LogP contribution in [0.1, 0.15) is 206 Å². The Morgan fingerprint density at radius 1 is 0.400 bits per heavy atom. The number of hydrogen-bond donors (Lipinski definition) is 2. The maximum absolute atomic E-state index is 13.4. The molecule has 0 aromatic carbocycles. The van der Waals surface area contributed by atoms with E-state index in [0.717, 1.165) is 90.1 Å². The Labute approximate surface area is 398 Å². The van der Waals surface area contributed by atoms with Gasteiger partial charge in [-0.25, -0.2) is 0 Å². The van der Waals surface area contributed by atoms with Crippen molar-refractivity contribution in [1.29, 1.82) is 0 Å². The molecular formula is C53H100N4O8. The summed E-state index contributed by atoms with van der Waals surface area (Å²) < 4.78 is 23.0. The van der Waals surface area contributed by atoms with Crippen LogP contribution in [0, 0.1) is 0 Å². The van der Waals surface area contributed by atoms with Crippen LogP contribution in [0.15, 0.2) is 24.3 Å². The van der Waals surface area contributed by atoms with Crippen LogP contribution in [0.4, 0.5) is 0 Å². The lowest BCUT2D eigenvalue weighted by Crippen LogP contribution is -2.49. The highest BCUT2D eigenvalue weighted by molar-refractivity contribution is 5.73. The molecule has 0 bridgehead atoms. The standard InChI is InChI=1S/C53H100N4O8/c1-7-9-11-13-15-17-19-21-23-25-27-29-31-33-35-37-51(60)64-53(47-62-49(58)39-41-54-43-45-56(3)4,48-63-50(59)40-42-55-44-46-57(5)6)65-52(61)38-36-34-32-30-28-26-24-22-20-18-16-14-12-10-8-2/h21-24,54-55H,7-20,25-48H2,1-6H3/b23-21-,24-22-. The molecule has 0 saturated carbocycles. The van der Waals surface area contributed by atoms with E-state index in [2.05, 4.69) is 48.8 Å². The zero-order chi connectivity index (χ0) is 47.9. The summed E-state index contributed by atoms with van der Waals surface area (Å²) in [5.41, 5.74) is 0. The van der Waals surface area contributed by atoms with Gasteiger partial charge >= 0.3 is 29.7 Å². The molecule has 0 heterocycles. The minimum Gasteiger partial charge on any atom is -0.457 e. The minimum atomic E-state index is -2.10. The molecule has 0 radical (unpaired) electrons. The SMILES string of the molecule is CCCCCCCC/C=C\CCCCCCCC(=O)OC(COC(=O)CCNCCN(C)C)(COC(=O)CCNCCN(C)C)OC(=O)CCCCCCC/C=C\CCCCCCCC. The Morgan fingerprint density at radius 2 is 0.708 bits per heavy atom. The third-order valence-corrected chi connectivity index (χ3v) is 11.3. The number of likely N-dealkylation sites (N-methyl/N-ethyl adjacent to an activating group) is 2. The monoisotopic (exact) mass is 921 g/mol. The number of esters is 4. The fraction of sp³-hybridized carbons (Fsp3) is 0.849. The van der Waals surface area contributed by atoms with E-state index in [4.69, 9.17) is 18.9 Å². The second kappa shape index (κ2) is 46.3. The minimum absolute atomic E-state index is 0.0631. The van der Waals surface area contributed by atoms with Gasteiger partial charge in [-0.3, -0.25) is 19.2 Å². The number of rotatable bonds is 48. The third kappa shape index (κ3) is 44.8. The first-order valence-electron chi connectivity index (χ1n) is 26.3. The van der Waals surface area contributed by atoms with Crippen LogP contribution in [-0.2, 0) is 38.1 Å². The molecule has 0 aliphatic carbocycles. The van der Waals surface area contributed by atoms with Crippen molar-refractivity contribution >= 4 is 23.9 Å². The van der Waals surface area contributed by atoms with E-state index >= 15 is 0 Å². The van der Waals surface area contributed by atoms with E-state index in [1.54, 1.807) is 0 Å². The van der Waals surface area contributed by atoms with Crippen LogP contribution >= 0.6 is 0 Å². The molecule has 0 rings (SSSR count). The Morgan fingerprint density at radius 3 is 1.03 bits per heavy atom. The number of allylic oxidation sites excluding steroid dienone is 4. The van der Waals surface area contributed by atoms with Crippen molar-refractivity contribution in [3.05, 3.63) is 24.3 Å². The predicted molar refractivity (Wildman–Crippen MR) is 268 cm³/mol. The van der Waals surface area contributed by atoms with E-state index in [-0.39, 0.29) is 25.7 Å². The molecule has 0 fully saturated rings. The summed E-state index contributed by atoms with van der Waals surface area (Å²) in [4.78, 5) is 56.8. The van der Waals surface area contributed by atoms with E-state index in [1.807, 2.05) is 38.0 Å². The van der Waals surface area contributed by atoms with Crippen molar-refractivity contribution in [3.8, 4) is 0 Å². The molecule has 12 nitrogen and oxygen atoms in total. The third-order valence-electron chi connectivity index (χ3n) is 11.3. The number of carbonyl (C=O) groups excluding carboxylic acids is 4. The van der Waals surface area contributed by atoms with Gasteiger partial charge in [0, 0.05) is 52.1 Å². The first-order valence-corrected chi connectivity index (χ1v) is 26.3. The maximum atomic E-state index is 13.4. The van der Waals surface area contributed by atoms with Gasteiger partial charge in [0.15, 0.2) is 13.2 Å². The second-order valence-electron chi connectivity index (χ2n) is 18.5. The van der Waals surface area contributed by atoms with Crippen LogP contribution in [0.5, 0.6) is 0 Å². The zero-order valence-electron chi connectivity index (χ0n) is 42.8. The van der Waals surface area contributed by atoms with E-state index < -0.39 is 42.9 Å². The van der Waals surface area contributed by atoms with E-state index in [1.165, 1.54) is 77.0 Å². The number of nitrogens with zero attached hydrogens (tertiary/aromatic N) is 2. The summed E-state index contributed by atoms with van der Waals surface area (Å²) in [5.74, 6) is -4.40. The van der Waals surface area contributed by atoms with Crippen molar-refractivity contribution in [3.63, 3.8) is 0 Å². The molecule has 2 N–H and O–H groups in total. The summed E-state index contributed by atoms with van der Waals surface area (Å²) in [6.07, 6.45) is 39.0. The van der Waals surface area contributed by atoms with Gasteiger partial charge in [-0.1, -0.05) is 141 Å². The summed E-state index contributed by atoms with van der Waals surface area (Å²) in [6, 6.07) is 0. The molecule has 12 heteroatoms. The van der Waals surface area contributed by atoms with Gasteiger partial charge in [0.1, 0.15) is 0 Å². The molecular weight excluding hydrogens is 821 g/mol. The molecule has 0 aliphatic rings. The van der Waals surface area contributed by atoms with Crippen molar-refractivity contribution in [2.45, 2.75) is 212 Å². The van der Waals surface area contributed by atoms with Gasteiger partial charge in [0.25, 0.3) is 0 Å². The number of nitrogens with one attached hydrogen (secondary N) is 2. The summed E-state index contributed by atoms with van der Waals surface area (Å²) in [6.45, 7) is 7.15. The molecule has 0 atom stereocenters. The molecule has 0 aromatic heterocycles. The van der Waals surface area contributed by atoms with Gasteiger partial charge in [-0.15, -0.1) is 0 Å². The number of hydrogen-bond acceptors (Lipinski definition) is 12. The fourth-order valence-corrected chi connectivity index (χ4v) is 7.14. The predicted octanol–water partition coefficient (Wildman–Crippen LogP) is 11.0. The van der Waals surface area contributed by atoms with Crippen LogP contribution in [0.3, 0.4) is 0 Å². The second-order valence-corrected chi connectivity index (χ2v) is 18.5. The Bertz CT molecular complexity index is 1100. The van der Waals surface area contributed by atoms with Crippen LogP contribution in [0.2, 0.25) is 0 Å². The van der Waals surface area contributed by atoms with Gasteiger partial charge in [-0.05, 0) is 92.4 Å². The first-order chi connectivity index (χ1) is 31.5. The molecule has 0 unspecified atom stereocenters. The van der Waals surface area contributed by atoms with Gasteiger partial charge in [0.05, 0.1) is 12.8 Å². The van der Waals surface area contributed by atoms with E-state index in [9.17, 15) is 19.2 Å². The number of ether oxygens (including phenoxy) is 4. The summed E-state index contributed by atoms with van der Waals surface area (Å²) >= 11 is 0. The lowest BCUT2D eigenvalue weighted by atomic mass is 10.1. The highest BCUT2D eigenvalue weighted by Gasteiger charge is 2.42. The highest BCUT2D eigenvalue weighted by Crippen LogP contribution is 2.21. The van der Waals surface area contributed by atoms with Crippen LogP contribution in [-0.4, -0.2) is 120 Å². The smallest absolute Gasteiger partial charge is 0.325 e. The Kier molecular flexibility index (Phi) is 44.3. The highest BCUT2D eigenvalue weighted by atomic mass is 16.8.